The number of benzene rings is 2. The summed E-state index contributed by atoms with van der Waals surface area (Å²) in [5.74, 6) is 0.283. The van der Waals surface area contributed by atoms with Crippen molar-refractivity contribution < 1.29 is 0 Å². The number of fused-ring (bicyclic) bond motifs is 1. The second-order valence-electron chi connectivity index (χ2n) is 4.51. The molecule has 0 radical (unpaired) electrons. The SMILES string of the molecule is N#Cc1cccc(-c2ccc3[nH]c(C(Cl)(Cl)Cl)nc3c2)c1. The third kappa shape index (κ3) is 2.84. The standard InChI is InChI=1S/C15H8Cl3N3/c16-15(17,18)14-20-12-5-4-11(7-13(12)21-14)10-3-1-2-9(6-10)8-19/h1-7H,(H,20,21). The molecule has 0 atom stereocenters. The maximum Gasteiger partial charge on any atom is 0.248 e. The van der Waals surface area contributed by atoms with Crippen molar-refractivity contribution in [1.29, 1.82) is 5.26 Å². The second-order valence-corrected chi connectivity index (χ2v) is 6.79. The van der Waals surface area contributed by atoms with E-state index in [2.05, 4.69) is 16.0 Å². The number of aromatic amines is 1. The first-order valence-electron chi connectivity index (χ1n) is 6.05. The van der Waals surface area contributed by atoms with Gasteiger partial charge >= 0.3 is 0 Å². The van der Waals surface area contributed by atoms with Crippen LogP contribution < -0.4 is 0 Å². The van der Waals surface area contributed by atoms with Gasteiger partial charge in [-0.3, -0.25) is 0 Å². The Morgan fingerprint density at radius 2 is 1.81 bits per heavy atom. The van der Waals surface area contributed by atoms with Crippen molar-refractivity contribution in [1.82, 2.24) is 9.97 Å². The van der Waals surface area contributed by atoms with Crippen LogP contribution in [0.2, 0.25) is 0 Å². The van der Waals surface area contributed by atoms with E-state index in [1.54, 1.807) is 6.07 Å². The Balaban J connectivity index is 2.10. The Kier molecular flexibility index (Phi) is 3.54. The summed E-state index contributed by atoms with van der Waals surface area (Å²) in [6.45, 7) is 0. The van der Waals surface area contributed by atoms with Crippen molar-refractivity contribution >= 4 is 45.8 Å². The van der Waals surface area contributed by atoms with E-state index < -0.39 is 3.79 Å². The molecule has 0 amide bonds. The number of alkyl halides is 3. The summed E-state index contributed by atoms with van der Waals surface area (Å²) in [5, 5.41) is 8.96. The second kappa shape index (κ2) is 5.23. The zero-order valence-electron chi connectivity index (χ0n) is 10.6. The zero-order chi connectivity index (χ0) is 15.0. The van der Waals surface area contributed by atoms with Crippen LogP contribution in [-0.4, -0.2) is 9.97 Å². The third-order valence-electron chi connectivity index (χ3n) is 3.08. The molecule has 1 heterocycles. The van der Waals surface area contributed by atoms with Crippen molar-refractivity contribution in [2.24, 2.45) is 0 Å². The van der Waals surface area contributed by atoms with E-state index in [0.717, 1.165) is 16.6 Å². The molecule has 0 aliphatic heterocycles. The van der Waals surface area contributed by atoms with E-state index in [1.807, 2.05) is 36.4 Å². The van der Waals surface area contributed by atoms with Gasteiger partial charge in [-0.15, -0.1) is 0 Å². The molecule has 104 valence electrons. The minimum atomic E-state index is -1.58. The molecule has 3 nitrogen and oxygen atoms in total. The predicted octanol–water partition coefficient (Wildman–Crippen LogP) is 4.93. The van der Waals surface area contributed by atoms with Gasteiger partial charge in [-0.1, -0.05) is 53.0 Å². The molecule has 0 aliphatic rings. The minimum absolute atomic E-state index is 0.283. The molecule has 3 rings (SSSR count). The van der Waals surface area contributed by atoms with Crippen molar-refractivity contribution in [3.63, 3.8) is 0 Å². The van der Waals surface area contributed by atoms with Gasteiger partial charge in [-0.05, 0) is 35.4 Å². The Labute approximate surface area is 136 Å². The smallest absolute Gasteiger partial charge is 0.248 e. The maximum absolute atomic E-state index is 8.96. The molecule has 0 saturated heterocycles. The maximum atomic E-state index is 8.96. The fraction of sp³-hybridized carbons (Fsp3) is 0.0667. The van der Waals surface area contributed by atoms with Gasteiger partial charge in [0.05, 0.1) is 22.7 Å². The number of halogens is 3. The van der Waals surface area contributed by atoms with Gasteiger partial charge in [0.15, 0.2) is 5.82 Å². The summed E-state index contributed by atoms with van der Waals surface area (Å²) in [6, 6.07) is 15.2. The van der Waals surface area contributed by atoms with Gasteiger partial charge in [0.25, 0.3) is 0 Å². The first kappa shape index (κ1) is 14.2. The first-order valence-corrected chi connectivity index (χ1v) is 7.18. The Morgan fingerprint density at radius 1 is 1.05 bits per heavy atom. The van der Waals surface area contributed by atoms with Gasteiger partial charge in [-0.25, -0.2) is 4.98 Å². The first-order chi connectivity index (χ1) is 9.97. The predicted molar refractivity (Wildman–Crippen MR) is 85.5 cm³/mol. The molecule has 0 bridgehead atoms. The van der Waals surface area contributed by atoms with Crippen LogP contribution in [0.3, 0.4) is 0 Å². The highest BCUT2D eigenvalue weighted by Gasteiger charge is 2.26. The molecule has 21 heavy (non-hydrogen) atoms. The van der Waals surface area contributed by atoms with E-state index in [4.69, 9.17) is 40.1 Å². The third-order valence-corrected chi connectivity index (χ3v) is 3.61. The summed E-state index contributed by atoms with van der Waals surface area (Å²) in [7, 11) is 0. The van der Waals surface area contributed by atoms with Gasteiger partial charge in [0.1, 0.15) is 0 Å². The number of rotatable bonds is 1. The summed E-state index contributed by atoms with van der Waals surface area (Å²) in [5.41, 5.74) is 3.99. The molecule has 0 saturated carbocycles. The number of hydrogen-bond acceptors (Lipinski definition) is 2. The largest absolute Gasteiger partial charge is 0.338 e. The molecule has 0 spiro atoms. The van der Waals surface area contributed by atoms with Crippen molar-refractivity contribution in [3.8, 4) is 17.2 Å². The van der Waals surface area contributed by atoms with Crippen molar-refractivity contribution in [2.45, 2.75) is 3.79 Å². The van der Waals surface area contributed by atoms with Crippen LogP contribution in [0.15, 0.2) is 42.5 Å². The fourth-order valence-electron chi connectivity index (χ4n) is 2.09. The van der Waals surface area contributed by atoms with Gasteiger partial charge in [-0.2, -0.15) is 5.26 Å². The van der Waals surface area contributed by atoms with Crippen LogP contribution in [0.4, 0.5) is 0 Å². The highest BCUT2D eigenvalue weighted by Crippen LogP contribution is 2.37. The quantitative estimate of drug-likeness (QED) is 0.641. The molecular formula is C15H8Cl3N3. The fourth-order valence-corrected chi connectivity index (χ4v) is 2.36. The van der Waals surface area contributed by atoms with Gasteiger partial charge in [0, 0.05) is 0 Å². The Bertz CT molecular complexity index is 856. The molecule has 0 fully saturated rings. The van der Waals surface area contributed by atoms with Crippen molar-refractivity contribution in [3.05, 3.63) is 53.9 Å². The lowest BCUT2D eigenvalue weighted by molar-refractivity contribution is 1.05. The number of nitrogens with one attached hydrogen (secondary N) is 1. The van der Waals surface area contributed by atoms with Gasteiger partial charge < -0.3 is 4.98 Å². The van der Waals surface area contributed by atoms with Crippen LogP contribution in [0.5, 0.6) is 0 Å². The highest BCUT2D eigenvalue weighted by atomic mass is 35.6. The number of nitrogens with zero attached hydrogens (tertiary/aromatic N) is 2. The normalized spacial score (nSPS) is 11.5. The molecule has 1 aromatic heterocycles. The molecule has 2 aromatic carbocycles. The lowest BCUT2D eigenvalue weighted by Crippen LogP contribution is -2.01. The topological polar surface area (TPSA) is 52.5 Å². The van der Waals surface area contributed by atoms with E-state index in [9.17, 15) is 0 Å². The average molecular weight is 337 g/mol. The van der Waals surface area contributed by atoms with Gasteiger partial charge in [0.2, 0.25) is 3.79 Å². The summed E-state index contributed by atoms with van der Waals surface area (Å²) in [6.07, 6.45) is 0. The number of imidazole rings is 1. The lowest BCUT2D eigenvalue weighted by atomic mass is 10.0. The van der Waals surface area contributed by atoms with E-state index in [0.29, 0.717) is 11.1 Å². The summed E-state index contributed by atoms with van der Waals surface area (Å²) >= 11 is 17.5. The number of nitriles is 1. The van der Waals surface area contributed by atoms with Crippen LogP contribution in [0, 0.1) is 11.3 Å². The molecule has 0 aliphatic carbocycles. The van der Waals surface area contributed by atoms with Crippen LogP contribution in [0.25, 0.3) is 22.2 Å². The zero-order valence-corrected chi connectivity index (χ0v) is 12.8. The lowest BCUT2D eigenvalue weighted by Gasteiger charge is -2.04. The number of aromatic nitrogens is 2. The molecule has 0 unspecified atom stereocenters. The molecule has 6 heteroatoms. The monoisotopic (exact) mass is 335 g/mol. The molecule has 3 aromatic rings. The van der Waals surface area contributed by atoms with Crippen LogP contribution in [-0.2, 0) is 3.79 Å². The number of H-pyrrole nitrogens is 1. The molecular weight excluding hydrogens is 329 g/mol. The Morgan fingerprint density at radius 3 is 2.52 bits per heavy atom. The van der Waals surface area contributed by atoms with E-state index >= 15 is 0 Å². The van der Waals surface area contributed by atoms with Crippen LogP contribution in [0.1, 0.15) is 11.4 Å². The summed E-state index contributed by atoms with van der Waals surface area (Å²) in [4.78, 5) is 7.27. The number of hydrogen-bond donors (Lipinski definition) is 1. The highest BCUT2D eigenvalue weighted by molar-refractivity contribution is 6.66. The summed E-state index contributed by atoms with van der Waals surface area (Å²) < 4.78 is -1.58. The minimum Gasteiger partial charge on any atom is -0.338 e. The van der Waals surface area contributed by atoms with E-state index in [1.165, 1.54) is 0 Å². The van der Waals surface area contributed by atoms with E-state index in [-0.39, 0.29) is 5.82 Å². The molecule has 1 N–H and O–H groups in total. The van der Waals surface area contributed by atoms with Crippen molar-refractivity contribution in [2.75, 3.05) is 0 Å². The average Bonchev–Trinajstić information content (AvgIpc) is 2.90. The Hall–Kier alpha value is -1.73. The van der Waals surface area contributed by atoms with Crippen LogP contribution >= 0.6 is 34.8 Å².